The summed E-state index contributed by atoms with van der Waals surface area (Å²) in [5.74, 6) is -1.61. The van der Waals surface area contributed by atoms with Gasteiger partial charge >= 0.3 is 5.97 Å². The zero-order chi connectivity index (χ0) is 21.8. The largest absolute Gasteiger partial charge is 0.448 e. The number of nitrogens with zero attached hydrogens (tertiary/aromatic N) is 2. The molecule has 0 aliphatic heterocycles. The second-order valence-corrected chi connectivity index (χ2v) is 7.65. The van der Waals surface area contributed by atoms with E-state index < -0.39 is 23.8 Å². The van der Waals surface area contributed by atoms with Crippen molar-refractivity contribution in [3.05, 3.63) is 70.8 Å². The second-order valence-electron chi connectivity index (χ2n) is 6.44. The van der Waals surface area contributed by atoms with Crippen molar-refractivity contribution >= 4 is 40.9 Å². The molecule has 156 valence electrons. The number of carbonyl (C=O) groups is 2. The van der Waals surface area contributed by atoms with E-state index in [0.717, 1.165) is 5.56 Å². The number of hydrogen-bond acceptors (Lipinski definition) is 5. The molecule has 0 aliphatic carbocycles. The minimum Gasteiger partial charge on any atom is -0.448 e. The van der Waals surface area contributed by atoms with Gasteiger partial charge in [0.05, 0.1) is 6.20 Å². The van der Waals surface area contributed by atoms with Crippen LogP contribution in [0, 0.1) is 12.7 Å². The zero-order valence-corrected chi connectivity index (χ0v) is 18.1. The number of aryl methyl sites for hydroxylation is 1. The van der Waals surface area contributed by atoms with Gasteiger partial charge in [0.1, 0.15) is 5.82 Å². The third-order valence-corrected chi connectivity index (χ3v) is 5.20. The van der Waals surface area contributed by atoms with E-state index >= 15 is 0 Å². The highest BCUT2D eigenvalue weighted by Crippen LogP contribution is 2.24. The summed E-state index contributed by atoms with van der Waals surface area (Å²) in [5, 5.41) is 3.72. The van der Waals surface area contributed by atoms with E-state index in [9.17, 15) is 14.0 Å². The van der Waals surface area contributed by atoms with Crippen molar-refractivity contribution in [2.24, 2.45) is 0 Å². The van der Waals surface area contributed by atoms with Crippen LogP contribution >= 0.6 is 23.4 Å². The topological polar surface area (TPSA) is 73.2 Å². The van der Waals surface area contributed by atoms with Crippen LogP contribution in [-0.4, -0.2) is 33.8 Å². The number of nitrogens with one attached hydrogen (secondary N) is 1. The molecular weight excluding hydrogens is 429 g/mol. The highest BCUT2D eigenvalue weighted by atomic mass is 35.5. The molecule has 0 aliphatic rings. The van der Waals surface area contributed by atoms with E-state index in [1.807, 2.05) is 6.92 Å². The summed E-state index contributed by atoms with van der Waals surface area (Å²) >= 11 is 7.29. The Morgan fingerprint density at radius 1 is 1.23 bits per heavy atom. The highest BCUT2D eigenvalue weighted by Gasteiger charge is 2.24. The van der Waals surface area contributed by atoms with Gasteiger partial charge in [-0.1, -0.05) is 29.4 Å². The van der Waals surface area contributed by atoms with Crippen LogP contribution in [0.2, 0.25) is 5.02 Å². The summed E-state index contributed by atoms with van der Waals surface area (Å²) in [4.78, 5) is 29.5. The molecule has 9 heteroatoms. The Labute approximate surface area is 182 Å². The summed E-state index contributed by atoms with van der Waals surface area (Å²) in [6.45, 7) is 3.30. The molecule has 0 radical (unpaired) electrons. The maximum absolute atomic E-state index is 13.3. The lowest BCUT2D eigenvalue weighted by molar-refractivity contribution is -0.123. The molecule has 6 nitrogen and oxygen atoms in total. The molecule has 30 heavy (non-hydrogen) atoms. The number of halogens is 2. The maximum Gasteiger partial charge on any atom is 0.357 e. The third kappa shape index (κ3) is 4.83. The van der Waals surface area contributed by atoms with Gasteiger partial charge in [0.25, 0.3) is 5.91 Å². The van der Waals surface area contributed by atoms with Crippen molar-refractivity contribution in [2.45, 2.75) is 25.1 Å². The van der Waals surface area contributed by atoms with Crippen molar-refractivity contribution in [2.75, 3.05) is 11.6 Å². The fourth-order valence-corrected chi connectivity index (χ4v) is 3.42. The van der Waals surface area contributed by atoms with Crippen LogP contribution in [0.4, 0.5) is 10.1 Å². The predicted molar refractivity (Wildman–Crippen MR) is 115 cm³/mol. The number of hydrogen-bond donors (Lipinski definition) is 1. The first-order valence-corrected chi connectivity index (χ1v) is 10.6. The Balaban J connectivity index is 1.78. The van der Waals surface area contributed by atoms with Gasteiger partial charge in [0, 0.05) is 16.4 Å². The van der Waals surface area contributed by atoms with Crippen LogP contribution in [0.25, 0.3) is 5.69 Å². The minimum absolute atomic E-state index is 0.129. The molecule has 1 amide bonds. The molecule has 2 aromatic carbocycles. The number of carbonyl (C=O) groups excluding carboxylic acids is 2. The van der Waals surface area contributed by atoms with Gasteiger partial charge in [-0.25, -0.2) is 14.2 Å². The first-order chi connectivity index (χ1) is 14.3. The van der Waals surface area contributed by atoms with E-state index in [1.165, 1.54) is 49.1 Å². The normalized spacial score (nSPS) is 11.8. The summed E-state index contributed by atoms with van der Waals surface area (Å²) in [5.41, 5.74) is 2.04. The Bertz CT molecular complexity index is 1090. The Hall–Kier alpha value is -2.84. The number of aromatic nitrogens is 2. The summed E-state index contributed by atoms with van der Waals surface area (Å²) in [6.07, 6.45) is 2.11. The average Bonchev–Trinajstić information content (AvgIpc) is 3.15. The van der Waals surface area contributed by atoms with Gasteiger partial charge in [-0.3, -0.25) is 9.36 Å². The van der Waals surface area contributed by atoms with E-state index in [1.54, 1.807) is 29.0 Å². The van der Waals surface area contributed by atoms with Gasteiger partial charge in [-0.2, -0.15) is 0 Å². The average molecular weight is 448 g/mol. The number of thioether (sulfide) groups is 1. The molecule has 0 saturated heterocycles. The molecule has 0 saturated carbocycles. The lowest BCUT2D eigenvalue weighted by Crippen LogP contribution is -2.30. The van der Waals surface area contributed by atoms with Crippen LogP contribution in [0.15, 0.2) is 53.8 Å². The first-order valence-electron chi connectivity index (χ1n) is 8.96. The molecule has 1 aromatic heterocycles. The number of imidazole rings is 1. The molecule has 1 atom stereocenters. The van der Waals surface area contributed by atoms with Crippen LogP contribution < -0.4 is 5.32 Å². The molecule has 3 aromatic rings. The minimum atomic E-state index is -1.06. The molecule has 0 spiro atoms. The van der Waals surface area contributed by atoms with Crippen LogP contribution in [-0.2, 0) is 9.53 Å². The monoisotopic (exact) mass is 447 g/mol. The second kappa shape index (κ2) is 9.32. The molecule has 1 unspecified atom stereocenters. The first kappa shape index (κ1) is 21.9. The Morgan fingerprint density at radius 2 is 1.93 bits per heavy atom. The van der Waals surface area contributed by atoms with Crippen LogP contribution in [0.3, 0.4) is 0 Å². The molecular formula is C21H19ClFN3O3S. The smallest absolute Gasteiger partial charge is 0.357 e. The summed E-state index contributed by atoms with van der Waals surface area (Å²) < 4.78 is 20.2. The molecule has 1 heterocycles. The quantitative estimate of drug-likeness (QED) is 0.430. The van der Waals surface area contributed by atoms with Gasteiger partial charge in [-0.15, -0.1) is 0 Å². The van der Waals surface area contributed by atoms with Crippen molar-refractivity contribution in [1.82, 2.24) is 9.55 Å². The van der Waals surface area contributed by atoms with Crippen molar-refractivity contribution < 1.29 is 18.7 Å². The Kier molecular flexibility index (Phi) is 6.79. The van der Waals surface area contributed by atoms with Crippen molar-refractivity contribution in [1.29, 1.82) is 0 Å². The van der Waals surface area contributed by atoms with Crippen molar-refractivity contribution in [3.63, 3.8) is 0 Å². The molecule has 0 fully saturated rings. The number of esters is 1. The lowest BCUT2D eigenvalue weighted by atomic mass is 10.2. The lowest BCUT2D eigenvalue weighted by Gasteiger charge is -2.16. The van der Waals surface area contributed by atoms with Gasteiger partial charge in [0.2, 0.25) is 0 Å². The number of anilines is 1. The van der Waals surface area contributed by atoms with Gasteiger partial charge < -0.3 is 10.1 Å². The third-order valence-electron chi connectivity index (χ3n) is 4.32. The fraction of sp³-hybridized carbons (Fsp3) is 0.190. The SMILES string of the molecule is CSc1ncc(C(=O)OC(C)C(=O)Nc2cc(Cl)ccc2C)n1-c1ccc(F)cc1. The predicted octanol–water partition coefficient (Wildman–Crippen LogP) is 4.88. The number of amides is 1. The van der Waals surface area contributed by atoms with E-state index in [-0.39, 0.29) is 5.69 Å². The number of rotatable bonds is 6. The van der Waals surface area contributed by atoms with E-state index in [0.29, 0.717) is 21.6 Å². The summed E-state index contributed by atoms with van der Waals surface area (Å²) in [6, 6.07) is 10.8. The van der Waals surface area contributed by atoms with Crippen LogP contribution in [0.5, 0.6) is 0 Å². The summed E-state index contributed by atoms with van der Waals surface area (Å²) in [7, 11) is 0. The van der Waals surface area contributed by atoms with Crippen LogP contribution in [0.1, 0.15) is 23.0 Å². The van der Waals surface area contributed by atoms with E-state index in [2.05, 4.69) is 10.3 Å². The number of benzene rings is 2. The molecule has 0 bridgehead atoms. The molecule has 1 N–H and O–H groups in total. The van der Waals surface area contributed by atoms with Gasteiger partial charge in [-0.05, 0) is 62.1 Å². The van der Waals surface area contributed by atoms with Crippen molar-refractivity contribution in [3.8, 4) is 5.69 Å². The molecule has 3 rings (SSSR count). The fourth-order valence-electron chi connectivity index (χ4n) is 2.70. The van der Waals surface area contributed by atoms with E-state index in [4.69, 9.17) is 16.3 Å². The Morgan fingerprint density at radius 3 is 2.60 bits per heavy atom. The number of ether oxygens (including phenoxy) is 1. The zero-order valence-electron chi connectivity index (χ0n) is 16.5. The highest BCUT2D eigenvalue weighted by molar-refractivity contribution is 7.98. The van der Waals surface area contributed by atoms with Gasteiger partial charge in [0.15, 0.2) is 17.0 Å². The standard InChI is InChI=1S/C21H19ClFN3O3S/c1-12-4-5-14(22)10-17(12)25-19(27)13(2)29-20(28)18-11-24-21(30-3)26(18)16-8-6-15(23)7-9-16/h4-11,13H,1-3H3,(H,25,27). The maximum atomic E-state index is 13.3.